The first-order valence-corrected chi connectivity index (χ1v) is 11.1. The van der Waals surface area contributed by atoms with Crippen LogP contribution in [0.4, 0.5) is 0 Å². The van der Waals surface area contributed by atoms with E-state index in [1.54, 1.807) is 36.4 Å². The Kier molecular flexibility index (Phi) is 7.66. The second-order valence-corrected chi connectivity index (χ2v) is 7.80. The first-order chi connectivity index (χ1) is 17.1. The fourth-order valence-corrected chi connectivity index (χ4v) is 3.21. The van der Waals surface area contributed by atoms with Crippen LogP contribution in [0.15, 0.2) is 108 Å². The molecule has 6 nitrogen and oxygen atoms in total. The van der Waals surface area contributed by atoms with Gasteiger partial charge in [-0.15, -0.1) is 0 Å². The van der Waals surface area contributed by atoms with Crippen LogP contribution in [0.25, 0.3) is 11.1 Å². The fourth-order valence-electron chi connectivity index (χ4n) is 3.21. The number of rotatable bonds is 8. The average molecular weight is 465 g/mol. The maximum Gasteiger partial charge on any atom is 0.343 e. The highest BCUT2D eigenvalue weighted by Crippen LogP contribution is 2.22. The van der Waals surface area contributed by atoms with Gasteiger partial charge < -0.3 is 9.47 Å². The molecule has 0 aliphatic rings. The summed E-state index contributed by atoms with van der Waals surface area (Å²) in [7, 11) is 0. The van der Waals surface area contributed by atoms with Crippen molar-refractivity contribution in [3.63, 3.8) is 0 Å². The normalized spacial score (nSPS) is 10.7. The zero-order valence-electron chi connectivity index (χ0n) is 19.2. The summed E-state index contributed by atoms with van der Waals surface area (Å²) in [5.74, 6) is 0.216. The maximum atomic E-state index is 12.2. The van der Waals surface area contributed by atoms with Crippen molar-refractivity contribution < 1.29 is 19.1 Å². The molecule has 0 bridgehead atoms. The summed E-state index contributed by atoms with van der Waals surface area (Å²) >= 11 is 0. The third-order valence-corrected chi connectivity index (χ3v) is 5.11. The van der Waals surface area contributed by atoms with E-state index >= 15 is 0 Å². The summed E-state index contributed by atoms with van der Waals surface area (Å²) in [4.78, 5) is 24.2. The summed E-state index contributed by atoms with van der Waals surface area (Å²) in [6.07, 6.45) is 1.50. The van der Waals surface area contributed by atoms with E-state index in [4.69, 9.17) is 9.47 Å². The Labute approximate surface area is 203 Å². The molecule has 0 saturated heterocycles. The van der Waals surface area contributed by atoms with E-state index in [0.29, 0.717) is 17.1 Å². The number of benzene rings is 4. The second kappa shape index (κ2) is 11.4. The minimum absolute atomic E-state index is 0.157. The molecule has 0 heterocycles. The molecule has 1 amide bonds. The van der Waals surface area contributed by atoms with Gasteiger partial charge in [-0.2, -0.15) is 5.10 Å². The number of carbonyl (C=O) groups excluding carboxylic acids is 2. The van der Waals surface area contributed by atoms with Crippen LogP contribution in [0.2, 0.25) is 0 Å². The minimum atomic E-state index is -0.423. The lowest BCUT2D eigenvalue weighted by Crippen LogP contribution is -2.24. The van der Waals surface area contributed by atoms with E-state index < -0.39 is 5.97 Å². The van der Waals surface area contributed by atoms with Crippen molar-refractivity contribution in [1.29, 1.82) is 0 Å². The first-order valence-electron chi connectivity index (χ1n) is 11.1. The van der Waals surface area contributed by atoms with E-state index in [-0.39, 0.29) is 12.5 Å². The van der Waals surface area contributed by atoms with Gasteiger partial charge >= 0.3 is 5.97 Å². The number of amides is 1. The highest BCUT2D eigenvalue weighted by molar-refractivity contribution is 5.91. The molecule has 0 spiro atoms. The van der Waals surface area contributed by atoms with E-state index in [1.807, 2.05) is 73.7 Å². The van der Waals surface area contributed by atoms with Gasteiger partial charge in [0.2, 0.25) is 0 Å². The number of nitrogens with zero attached hydrogens (tertiary/aromatic N) is 1. The maximum absolute atomic E-state index is 12.2. The average Bonchev–Trinajstić information content (AvgIpc) is 2.90. The zero-order valence-corrected chi connectivity index (χ0v) is 19.2. The molecule has 0 unspecified atom stereocenters. The van der Waals surface area contributed by atoms with Crippen LogP contribution in [-0.2, 0) is 4.79 Å². The number of carbonyl (C=O) groups is 2. The van der Waals surface area contributed by atoms with Crippen molar-refractivity contribution in [2.24, 2.45) is 5.10 Å². The SMILES string of the molecule is Cc1ccc(C(=O)Oc2ccc(C=NNC(=O)COc3ccc(-c4ccccc4)cc3)cc2)cc1. The van der Waals surface area contributed by atoms with Gasteiger partial charge in [0, 0.05) is 0 Å². The number of esters is 1. The van der Waals surface area contributed by atoms with Crippen LogP contribution >= 0.6 is 0 Å². The van der Waals surface area contributed by atoms with Crippen LogP contribution in [0.1, 0.15) is 21.5 Å². The number of hydrogen-bond donors (Lipinski definition) is 1. The molecular weight excluding hydrogens is 440 g/mol. The standard InChI is InChI=1S/C29H24N2O4/c1-21-7-11-25(12-8-21)29(33)35-27-15-9-22(10-16-27)19-30-31-28(32)20-34-26-17-13-24(14-18-26)23-5-3-2-4-6-23/h2-19H,20H2,1H3,(H,31,32). The molecule has 6 heteroatoms. The molecule has 174 valence electrons. The summed E-state index contributed by atoms with van der Waals surface area (Å²) in [5.41, 5.74) is 6.91. The third-order valence-electron chi connectivity index (χ3n) is 5.11. The Hall–Kier alpha value is -4.71. The fraction of sp³-hybridized carbons (Fsp3) is 0.0690. The van der Waals surface area contributed by atoms with Gasteiger partial charge in [0.05, 0.1) is 11.8 Å². The minimum Gasteiger partial charge on any atom is -0.484 e. The monoisotopic (exact) mass is 464 g/mol. The summed E-state index contributed by atoms with van der Waals surface area (Å²) < 4.78 is 10.9. The molecule has 0 radical (unpaired) electrons. The van der Waals surface area contributed by atoms with E-state index in [1.165, 1.54) is 6.21 Å². The molecule has 4 aromatic rings. The molecule has 0 saturated carbocycles. The van der Waals surface area contributed by atoms with Gasteiger partial charge in [0.15, 0.2) is 6.61 Å². The smallest absolute Gasteiger partial charge is 0.343 e. The van der Waals surface area contributed by atoms with Gasteiger partial charge in [-0.05, 0) is 72.1 Å². The number of aryl methyl sites for hydroxylation is 1. The lowest BCUT2D eigenvalue weighted by atomic mass is 10.1. The van der Waals surface area contributed by atoms with E-state index in [9.17, 15) is 9.59 Å². The Morgan fingerprint density at radius 1 is 0.771 bits per heavy atom. The molecule has 0 atom stereocenters. The van der Waals surface area contributed by atoms with Crippen LogP contribution in [-0.4, -0.2) is 24.7 Å². The highest BCUT2D eigenvalue weighted by Gasteiger charge is 2.08. The topological polar surface area (TPSA) is 77.0 Å². The van der Waals surface area contributed by atoms with Crippen LogP contribution in [0.5, 0.6) is 11.5 Å². The number of ether oxygens (including phenoxy) is 2. The molecule has 0 fully saturated rings. The first kappa shape index (κ1) is 23.4. The van der Waals surface area contributed by atoms with Gasteiger partial charge in [0.1, 0.15) is 11.5 Å². The van der Waals surface area contributed by atoms with Crippen molar-refractivity contribution in [2.45, 2.75) is 6.92 Å². The third kappa shape index (κ3) is 6.88. The highest BCUT2D eigenvalue weighted by atomic mass is 16.5. The van der Waals surface area contributed by atoms with E-state index in [0.717, 1.165) is 22.3 Å². The number of nitrogens with one attached hydrogen (secondary N) is 1. The Balaban J connectivity index is 1.22. The van der Waals surface area contributed by atoms with E-state index in [2.05, 4.69) is 10.5 Å². The van der Waals surface area contributed by atoms with Crippen molar-refractivity contribution >= 4 is 18.1 Å². The molecule has 0 aliphatic carbocycles. The molecule has 0 aliphatic heterocycles. The largest absolute Gasteiger partial charge is 0.484 e. The van der Waals surface area contributed by atoms with Crippen molar-refractivity contribution in [3.8, 4) is 22.6 Å². The summed E-state index contributed by atoms with van der Waals surface area (Å²) in [6.45, 7) is 1.80. The Bertz CT molecular complexity index is 1300. The molecule has 35 heavy (non-hydrogen) atoms. The lowest BCUT2D eigenvalue weighted by molar-refractivity contribution is -0.123. The van der Waals surface area contributed by atoms with Crippen molar-refractivity contribution in [2.75, 3.05) is 6.61 Å². The quantitative estimate of drug-likeness (QED) is 0.164. The molecule has 1 N–H and O–H groups in total. The second-order valence-electron chi connectivity index (χ2n) is 7.80. The number of hydrazone groups is 1. The van der Waals surface area contributed by atoms with Gasteiger partial charge in [-0.25, -0.2) is 10.2 Å². The number of hydrogen-bond acceptors (Lipinski definition) is 5. The van der Waals surface area contributed by atoms with Gasteiger partial charge in [-0.3, -0.25) is 4.79 Å². The zero-order chi connectivity index (χ0) is 24.5. The van der Waals surface area contributed by atoms with Crippen molar-refractivity contribution in [3.05, 3.63) is 120 Å². The summed E-state index contributed by atoms with van der Waals surface area (Å²) in [5, 5.41) is 3.94. The summed E-state index contributed by atoms with van der Waals surface area (Å²) in [6, 6.07) is 31.5. The molecule has 4 rings (SSSR count). The van der Waals surface area contributed by atoms with Crippen LogP contribution < -0.4 is 14.9 Å². The van der Waals surface area contributed by atoms with Crippen LogP contribution in [0.3, 0.4) is 0 Å². The predicted octanol–water partition coefficient (Wildman–Crippen LogP) is 5.41. The molecular formula is C29H24N2O4. The van der Waals surface area contributed by atoms with Gasteiger partial charge in [-0.1, -0.05) is 60.2 Å². The van der Waals surface area contributed by atoms with Gasteiger partial charge in [0.25, 0.3) is 5.91 Å². The molecule has 0 aromatic heterocycles. The predicted molar refractivity (Wildman–Crippen MR) is 136 cm³/mol. The Morgan fingerprint density at radius 2 is 1.40 bits per heavy atom. The van der Waals surface area contributed by atoms with Crippen molar-refractivity contribution in [1.82, 2.24) is 5.43 Å². The van der Waals surface area contributed by atoms with Crippen LogP contribution in [0, 0.1) is 6.92 Å². The molecule has 4 aromatic carbocycles. The Morgan fingerprint density at radius 3 is 2.09 bits per heavy atom. The lowest BCUT2D eigenvalue weighted by Gasteiger charge is -2.07.